The summed E-state index contributed by atoms with van der Waals surface area (Å²) in [4.78, 5) is 52.9. The van der Waals surface area contributed by atoms with Crippen LogP contribution < -0.4 is 9.64 Å². The molecule has 2 aromatic rings. The van der Waals surface area contributed by atoms with Gasteiger partial charge >= 0.3 is 0 Å². The van der Waals surface area contributed by atoms with Crippen LogP contribution in [0.25, 0.3) is 0 Å². The molecule has 2 aliphatic carbocycles. The molecule has 0 spiro atoms. The SMILES string of the molecule is COc1ccc(O)c([C@H]2C3=CC[C@@H]4C(=O)N(c5ccc(I)cc5)C(=O)[C@@H]4[C@@H]3C[C@@]3(Cl)C(=O)N(C)C(=O)[C@@]23Cl)c1. The standard InChI is InChI=1S/C28H23Cl2IN2O6/c1-32-25(37)27(29)12-19-16(22(28(27,30)26(32)38)18-11-15(39-2)7-10-20(18)34)8-9-17-21(19)24(36)33(23(17)35)14-5-3-13(31)4-6-14/h3-8,10-11,17,19,21-22,34H,9,12H2,1-2H3/t17-,19+,21-,22+,27+,28-/m0/s1. The molecule has 39 heavy (non-hydrogen) atoms. The summed E-state index contributed by atoms with van der Waals surface area (Å²) < 4.78 is 6.33. The fraction of sp³-hybridized carbons (Fsp3) is 0.357. The molecule has 8 nitrogen and oxygen atoms in total. The number of anilines is 1. The summed E-state index contributed by atoms with van der Waals surface area (Å²) in [6.07, 6.45) is 1.96. The number of hydrogen-bond acceptors (Lipinski definition) is 6. The first-order chi connectivity index (χ1) is 18.5. The van der Waals surface area contributed by atoms with Crippen LogP contribution in [0.1, 0.15) is 24.3 Å². The van der Waals surface area contributed by atoms with E-state index in [1.165, 1.54) is 25.1 Å². The molecular weight excluding hydrogens is 658 g/mol. The Morgan fingerprint density at radius 3 is 2.36 bits per heavy atom. The number of nitrogens with zero attached hydrogens (tertiary/aromatic N) is 2. The van der Waals surface area contributed by atoms with Gasteiger partial charge in [0, 0.05) is 22.1 Å². The molecule has 1 saturated carbocycles. The van der Waals surface area contributed by atoms with Gasteiger partial charge in [-0.3, -0.25) is 29.0 Å². The third kappa shape index (κ3) is 3.42. The van der Waals surface area contributed by atoms with Crippen molar-refractivity contribution in [3.63, 3.8) is 0 Å². The van der Waals surface area contributed by atoms with E-state index >= 15 is 0 Å². The minimum atomic E-state index is -1.97. The molecule has 11 heteroatoms. The highest BCUT2D eigenvalue weighted by Crippen LogP contribution is 2.66. The fourth-order valence-electron chi connectivity index (χ4n) is 6.82. The number of imide groups is 2. The highest BCUT2D eigenvalue weighted by molar-refractivity contribution is 14.1. The maximum Gasteiger partial charge on any atom is 0.253 e. The van der Waals surface area contributed by atoms with Gasteiger partial charge in [0.1, 0.15) is 11.5 Å². The van der Waals surface area contributed by atoms with E-state index in [2.05, 4.69) is 22.6 Å². The zero-order valence-corrected chi connectivity index (χ0v) is 24.5. The topological polar surface area (TPSA) is 104 Å². The van der Waals surface area contributed by atoms with Gasteiger partial charge in [-0.2, -0.15) is 0 Å². The zero-order chi connectivity index (χ0) is 28.0. The van der Waals surface area contributed by atoms with Gasteiger partial charge in [-0.15, -0.1) is 23.2 Å². The van der Waals surface area contributed by atoms with Gasteiger partial charge in [0.15, 0.2) is 9.75 Å². The number of halogens is 3. The van der Waals surface area contributed by atoms with Crippen molar-refractivity contribution in [2.75, 3.05) is 19.1 Å². The van der Waals surface area contributed by atoms with Gasteiger partial charge < -0.3 is 9.84 Å². The van der Waals surface area contributed by atoms with Gasteiger partial charge in [-0.1, -0.05) is 11.6 Å². The van der Waals surface area contributed by atoms with E-state index < -0.39 is 45.2 Å². The molecule has 4 amide bonds. The first kappa shape index (κ1) is 26.6. The number of amides is 4. The van der Waals surface area contributed by atoms with Crippen LogP contribution in [0.15, 0.2) is 54.1 Å². The molecule has 2 heterocycles. The fourth-order valence-corrected chi connectivity index (χ4v) is 8.20. The zero-order valence-electron chi connectivity index (χ0n) is 20.9. The van der Waals surface area contributed by atoms with Crippen LogP contribution >= 0.6 is 45.8 Å². The van der Waals surface area contributed by atoms with Crippen LogP contribution in [0.3, 0.4) is 0 Å². The smallest absolute Gasteiger partial charge is 0.253 e. The molecule has 3 fully saturated rings. The van der Waals surface area contributed by atoms with E-state index in [4.69, 9.17) is 27.9 Å². The Labute approximate surface area is 248 Å². The number of phenolic OH excluding ortho intramolecular Hbond substituents is 1. The van der Waals surface area contributed by atoms with Crippen LogP contribution in [0, 0.1) is 21.3 Å². The number of alkyl halides is 2. The second kappa shape index (κ2) is 8.94. The lowest BCUT2D eigenvalue weighted by molar-refractivity contribution is -0.138. The Bertz CT molecular complexity index is 1500. The highest BCUT2D eigenvalue weighted by Gasteiger charge is 2.76. The predicted octanol–water partition coefficient (Wildman–Crippen LogP) is 4.20. The van der Waals surface area contributed by atoms with Gasteiger partial charge in [0.2, 0.25) is 11.8 Å². The van der Waals surface area contributed by atoms with E-state index in [0.717, 1.165) is 8.47 Å². The molecule has 6 rings (SSSR count). The Hall–Kier alpha value is -2.63. The summed E-state index contributed by atoms with van der Waals surface area (Å²) in [5, 5.41) is 11.0. The molecule has 202 valence electrons. The monoisotopic (exact) mass is 680 g/mol. The molecule has 2 aliphatic heterocycles. The minimum absolute atomic E-state index is 0.110. The van der Waals surface area contributed by atoms with Crippen LogP contribution in [0.5, 0.6) is 11.5 Å². The van der Waals surface area contributed by atoms with E-state index in [1.807, 2.05) is 18.2 Å². The predicted molar refractivity (Wildman–Crippen MR) is 152 cm³/mol. The number of benzene rings is 2. The Balaban J connectivity index is 1.53. The summed E-state index contributed by atoms with van der Waals surface area (Å²) in [7, 11) is 2.79. The van der Waals surface area contributed by atoms with Crippen molar-refractivity contribution in [2.24, 2.45) is 17.8 Å². The normalized spacial score (nSPS) is 33.6. The van der Waals surface area contributed by atoms with Crippen molar-refractivity contribution in [3.8, 4) is 11.5 Å². The summed E-state index contributed by atoms with van der Waals surface area (Å²) in [5.74, 6) is -5.01. The molecule has 0 unspecified atom stereocenters. The number of carbonyl (C=O) groups excluding carboxylic acids is 4. The van der Waals surface area contributed by atoms with Gasteiger partial charge in [0.25, 0.3) is 11.8 Å². The highest BCUT2D eigenvalue weighted by atomic mass is 127. The lowest BCUT2D eigenvalue weighted by Gasteiger charge is -2.50. The van der Waals surface area contributed by atoms with Gasteiger partial charge in [-0.25, -0.2) is 0 Å². The van der Waals surface area contributed by atoms with Crippen LogP contribution in [-0.2, 0) is 19.2 Å². The third-order valence-electron chi connectivity index (χ3n) is 8.64. The number of aromatic hydroxyl groups is 1. The quantitative estimate of drug-likeness (QED) is 0.226. The van der Waals surface area contributed by atoms with Crippen LogP contribution in [-0.4, -0.2) is 57.5 Å². The van der Waals surface area contributed by atoms with E-state index in [0.29, 0.717) is 17.0 Å². The lowest BCUT2D eigenvalue weighted by atomic mass is 9.56. The lowest BCUT2D eigenvalue weighted by Crippen LogP contribution is -2.60. The Morgan fingerprint density at radius 1 is 1.00 bits per heavy atom. The Kier molecular flexibility index (Phi) is 6.09. The van der Waals surface area contributed by atoms with E-state index in [9.17, 15) is 24.3 Å². The number of hydrogen-bond donors (Lipinski definition) is 1. The average molecular weight is 681 g/mol. The van der Waals surface area contributed by atoms with Crippen molar-refractivity contribution in [3.05, 3.63) is 63.2 Å². The molecule has 6 atom stereocenters. The van der Waals surface area contributed by atoms with E-state index in [-0.39, 0.29) is 36.0 Å². The molecule has 4 aliphatic rings. The summed E-state index contributed by atoms with van der Waals surface area (Å²) in [6.45, 7) is 0. The Morgan fingerprint density at radius 2 is 1.69 bits per heavy atom. The summed E-state index contributed by atoms with van der Waals surface area (Å²) >= 11 is 16.4. The first-order valence-corrected chi connectivity index (χ1v) is 14.2. The number of methoxy groups -OCH3 is 1. The summed E-state index contributed by atoms with van der Waals surface area (Å²) in [5.41, 5.74) is 1.33. The molecule has 0 aromatic heterocycles. The molecule has 2 aromatic carbocycles. The second-order valence-electron chi connectivity index (χ2n) is 10.4. The van der Waals surface area contributed by atoms with Gasteiger partial charge in [-0.05, 0) is 83.8 Å². The average Bonchev–Trinajstić information content (AvgIpc) is 3.25. The van der Waals surface area contributed by atoms with Crippen molar-refractivity contribution < 1.29 is 29.0 Å². The largest absolute Gasteiger partial charge is 0.508 e. The second-order valence-corrected chi connectivity index (χ2v) is 12.9. The number of rotatable bonds is 3. The van der Waals surface area contributed by atoms with Crippen LogP contribution in [0.4, 0.5) is 5.69 Å². The molecule has 0 radical (unpaired) electrons. The van der Waals surface area contributed by atoms with Crippen molar-refractivity contribution in [1.29, 1.82) is 0 Å². The first-order valence-electron chi connectivity index (χ1n) is 12.4. The molecule has 2 saturated heterocycles. The number of likely N-dealkylation sites (tertiary alicyclic amines) is 1. The maximum absolute atomic E-state index is 14.0. The van der Waals surface area contributed by atoms with Crippen molar-refractivity contribution in [1.82, 2.24) is 4.90 Å². The minimum Gasteiger partial charge on any atom is -0.508 e. The number of carbonyl (C=O) groups is 4. The van der Waals surface area contributed by atoms with Crippen LogP contribution in [0.2, 0.25) is 0 Å². The number of ether oxygens (including phenoxy) is 1. The van der Waals surface area contributed by atoms with Crippen molar-refractivity contribution in [2.45, 2.75) is 28.5 Å². The number of phenols is 1. The molecule has 1 N–H and O–H groups in total. The maximum atomic E-state index is 14.0. The number of allylic oxidation sites excluding steroid dienone is 2. The molecular formula is C28H23Cl2IN2O6. The molecule has 0 bridgehead atoms. The van der Waals surface area contributed by atoms with E-state index in [1.54, 1.807) is 24.3 Å². The third-order valence-corrected chi connectivity index (χ3v) is 10.8. The number of fused-ring (bicyclic) bond motifs is 4. The van der Waals surface area contributed by atoms with Gasteiger partial charge in [0.05, 0.1) is 24.6 Å². The summed E-state index contributed by atoms with van der Waals surface area (Å²) in [6, 6.07) is 11.6. The van der Waals surface area contributed by atoms with Crippen molar-refractivity contribution >= 4 is 75.1 Å².